The summed E-state index contributed by atoms with van der Waals surface area (Å²) < 4.78 is 1.62. The van der Waals surface area contributed by atoms with E-state index in [9.17, 15) is 9.59 Å². The predicted molar refractivity (Wildman–Crippen MR) is 128 cm³/mol. The summed E-state index contributed by atoms with van der Waals surface area (Å²) in [4.78, 5) is 35.0. The Labute approximate surface area is 194 Å². The molecule has 4 heterocycles. The number of nitrogens with zero attached hydrogens (tertiary/aromatic N) is 4. The minimum atomic E-state index is 0.0279. The Morgan fingerprint density at radius 1 is 1.15 bits per heavy atom. The van der Waals surface area contributed by atoms with E-state index in [1.54, 1.807) is 4.52 Å². The van der Waals surface area contributed by atoms with Crippen molar-refractivity contribution in [1.29, 1.82) is 0 Å². The number of nitrogens with one attached hydrogen (secondary N) is 1. The first-order valence-corrected chi connectivity index (χ1v) is 12.2. The highest BCUT2D eigenvalue weighted by atomic mass is 16.2. The van der Waals surface area contributed by atoms with Gasteiger partial charge in [0.2, 0.25) is 5.91 Å². The lowest BCUT2D eigenvalue weighted by Gasteiger charge is -2.31. The number of H-pyrrole nitrogens is 1. The molecule has 2 aliphatic heterocycles. The summed E-state index contributed by atoms with van der Waals surface area (Å²) in [5.74, 6) is 0.544. The van der Waals surface area contributed by atoms with Crippen LogP contribution in [0.2, 0.25) is 0 Å². The molecule has 2 aliphatic rings. The molecule has 1 amide bonds. The number of hydrogen-bond acceptors (Lipinski definition) is 4. The Hall–Kier alpha value is -2.93. The summed E-state index contributed by atoms with van der Waals surface area (Å²) in [7, 11) is 0. The Kier molecular flexibility index (Phi) is 6.06. The number of rotatable bonds is 5. The maximum Gasteiger partial charge on any atom is 0.277 e. The average molecular weight is 448 g/mol. The number of piperidine rings is 1. The summed E-state index contributed by atoms with van der Waals surface area (Å²) in [5.41, 5.74) is 4.77. The number of aromatic amines is 1. The fourth-order valence-electron chi connectivity index (χ4n) is 5.16. The zero-order valence-corrected chi connectivity index (χ0v) is 19.6. The molecule has 7 heteroatoms. The molecule has 0 bridgehead atoms. The van der Waals surface area contributed by atoms with E-state index in [4.69, 9.17) is 4.98 Å². The SMILES string of the molecule is CC(C)N1CCc2nc3cc(C4CCN(C(=O)CCc5ccccc5)CC4)[nH]n3c(=O)c2C1. The molecule has 0 spiro atoms. The van der Waals surface area contributed by atoms with Crippen molar-refractivity contribution in [3.05, 3.63) is 69.3 Å². The van der Waals surface area contributed by atoms with E-state index in [-0.39, 0.29) is 11.5 Å². The van der Waals surface area contributed by atoms with Crippen molar-refractivity contribution in [2.45, 2.75) is 64.5 Å². The van der Waals surface area contributed by atoms with Crippen LogP contribution in [0.15, 0.2) is 41.2 Å². The summed E-state index contributed by atoms with van der Waals surface area (Å²) in [6, 6.07) is 12.6. The van der Waals surface area contributed by atoms with Gasteiger partial charge < -0.3 is 4.90 Å². The molecule has 0 atom stereocenters. The van der Waals surface area contributed by atoms with Gasteiger partial charge in [-0.1, -0.05) is 30.3 Å². The number of hydrogen-bond donors (Lipinski definition) is 1. The quantitative estimate of drug-likeness (QED) is 0.652. The molecule has 1 saturated heterocycles. The summed E-state index contributed by atoms with van der Waals surface area (Å²) in [6.45, 7) is 7.47. The lowest BCUT2D eigenvalue weighted by atomic mass is 9.93. The number of amides is 1. The van der Waals surface area contributed by atoms with Crippen LogP contribution in [0.3, 0.4) is 0 Å². The van der Waals surface area contributed by atoms with Crippen LogP contribution >= 0.6 is 0 Å². The van der Waals surface area contributed by atoms with Gasteiger partial charge in [0.1, 0.15) is 0 Å². The standard InChI is InChI=1S/C26H33N5O2/c1-18(2)30-15-12-22-21(17-30)26(33)31-24(27-22)16-23(28-31)20-10-13-29(14-11-20)25(32)9-8-19-6-4-3-5-7-19/h3-7,16,18,20,28H,8-15,17H2,1-2H3. The maximum atomic E-state index is 13.2. The monoisotopic (exact) mass is 447 g/mol. The van der Waals surface area contributed by atoms with E-state index in [2.05, 4.69) is 36.0 Å². The Bertz CT molecular complexity index is 1190. The van der Waals surface area contributed by atoms with Crippen LogP contribution < -0.4 is 5.56 Å². The lowest BCUT2D eigenvalue weighted by Crippen LogP contribution is -2.40. The molecule has 0 saturated carbocycles. The molecule has 1 N–H and O–H groups in total. The number of likely N-dealkylation sites (tertiary alicyclic amines) is 1. The number of carbonyl (C=O) groups excluding carboxylic acids is 1. The van der Waals surface area contributed by atoms with Gasteiger partial charge in [-0.05, 0) is 38.7 Å². The Balaban J connectivity index is 1.25. The van der Waals surface area contributed by atoms with Crippen LogP contribution in [0.25, 0.3) is 5.65 Å². The number of aromatic nitrogens is 3. The van der Waals surface area contributed by atoms with Gasteiger partial charge in [-0.15, -0.1) is 0 Å². The average Bonchev–Trinajstić information content (AvgIpc) is 3.27. The largest absolute Gasteiger partial charge is 0.343 e. The predicted octanol–water partition coefficient (Wildman–Crippen LogP) is 3.13. The minimum Gasteiger partial charge on any atom is -0.343 e. The van der Waals surface area contributed by atoms with Crippen LogP contribution in [0, 0.1) is 0 Å². The molecule has 0 unspecified atom stereocenters. The van der Waals surface area contributed by atoms with Crippen molar-refractivity contribution >= 4 is 11.6 Å². The third-order valence-corrected chi connectivity index (χ3v) is 7.30. The van der Waals surface area contributed by atoms with Crippen molar-refractivity contribution < 1.29 is 4.79 Å². The van der Waals surface area contributed by atoms with Gasteiger partial charge in [-0.2, -0.15) is 0 Å². The number of carbonyl (C=O) groups is 1. The smallest absolute Gasteiger partial charge is 0.277 e. The fraction of sp³-hybridized carbons (Fsp3) is 0.500. The molecule has 1 fully saturated rings. The van der Waals surface area contributed by atoms with Gasteiger partial charge >= 0.3 is 0 Å². The molecule has 0 aliphatic carbocycles. The molecule has 33 heavy (non-hydrogen) atoms. The highest BCUT2D eigenvalue weighted by Crippen LogP contribution is 2.28. The van der Waals surface area contributed by atoms with Gasteiger partial charge in [0.05, 0.1) is 11.3 Å². The third-order valence-electron chi connectivity index (χ3n) is 7.30. The summed E-state index contributed by atoms with van der Waals surface area (Å²) >= 11 is 0. The Morgan fingerprint density at radius 2 is 1.91 bits per heavy atom. The second-order valence-electron chi connectivity index (χ2n) is 9.70. The molecule has 7 nitrogen and oxygen atoms in total. The lowest BCUT2D eigenvalue weighted by molar-refractivity contribution is -0.132. The zero-order valence-electron chi connectivity index (χ0n) is 19.6. The van der Waals surface area contributed by atoms with Crippen molar-refractivity contribution in [3.63, 3.8) is 0 Å². The van der Waals surface area contributed by atoms with Gasteiger partial charge in [0.15, 0.2) is 5.65 Å². The molecule has 174 valence electrons. The molecule has 3 aromatic rings. The first-order valence-electron chi connectivity index (χ1n) is 12.2. The topological polar surface area (TPSA) is 73.7 Å². The van der Waals surface area contributed by atoms with E-state index in [0.29, 0.717) is 30.6 Å². The van der Waals surface area contributed by atoms with E-state index >= 15 is 0 Å². The number of benzene rings is 1. The first-order chi connectivity index (χ1) is 16.0. The third kappa shape index (κ3) is 4.47. The maximum absolute atomic E-state index is 13.2. The molecular formula is C26H33N5O2. The van der Waals surface area contributed by atoms with Crippen LogP contribution in [0.5, 0.6) is 0 Å². The van der Waals surface area contributed by atoms with Crippen LogP contribution in [0.1, 0.15) is 61.5 Å². The van der Waals surface area contributed by atoms with Crippen LogP contribution in [-0.2, 0) is 24.2 Å². The highest BCUT2D eigenvalue weighted by molar-refractivity contribution is 5.76. The van der Waals surface area contributed by atoms with Crippen molar-refractivity contribution in [2.24, 2.45) is 0 Å². The van der Waals surface area contributed by atoms with E-state index in [1.807, 2.05) is 29.2 Å². The highest BCUT2D eigenvalue weighted by Gasteiger charge is 2.27. The van der Waals surface area contributed by atoms with Crippen LogP contribution in [0.4, 0.5) is 0 Å². The Morgan fingerprint density at radius 3 is 2.64 bits per heavy atom. The van der Waals surface area contributed by atoms with Crippen molar-refractivity contribution in [3.8, 4) is 0 Å². The molecular weight excluding hydrogens is 414 g/mol. The normalized spacial score (nSPS) is 17.6. The number of aryl methyl sites for hydroxylation is 1. The van der Waals surface area contributed by atoms with Gasteiger partial charge in [0, 0.05) is 62.7 Å². The molecule has 5 rings (SSSR count). The van der Waals surface area contributed by atoms with Gasteiger partial charge in [0.25, 0.3) is 5.56 Å². The fourth-order valence-corrected chi connectivity index (χ4v) is 5.16. The second kappa shape index (κ2) is 9.14. The zero-order chi connectivity index (χ0) is 22.9. The summed E-state index contributed by atoms with van der Waals surface area (Å²) in [6.07, 6.45) is 3.97. The minimum absolute atomic E-state index is 0.0279. The second-order valence-corrected chi connectivity index (χ2v) is 9.70. The van der Waals surface area contributed by atoms with Gasteiger partial charge in [-0.25, -0.2) is 9.50 Å². The number of fused-ring (bicyclic) bond motifs is 2. The molecule has 2 aromatic heterocycles. The van der Waals surface area contributed by atoms with Gasteiger partial charge in [-0.3, -0.25) is 19.6 Å². The molecule has 1 aromatic carbocycles. The van der Waals surface area contributed by atoms with Crippen molar-refractivity contribution in [1.82, 2.24) is 24.4 Å². The van der Waals surface area contributed by atoms with E-state index in [0.717, 1.165) is 62.3 Å². The van der Waals surface area contributed by atoms with E-state index in [1.165, 1.54) is 5.56 Å². The van der Waals surface area contributed by atoms with Crippen LogP contribution in [-0.4, -0.2) is 56.0 Å². The summed E-state index contributed by atoms with van der Waals surface area (Å²) in [5, 5.41) is 3.34. The molecule has 0 radical (unpaired) electrons. The first kappa shape index (κ1) is 21.9. The van der Waals surface area contributed by atoms with E-state index < -0.39 is 0 Å². The van der Waals surface area contributed by atoms with Crippen molar-refractivity contribution in [2.75, 3.05) is 19.6 Å².